The number of pyridine rings is 1. The molecule has 0 unspecified atom stereocenters. The van der Waals surface area contributed by atoms with Crippen molar-refractivity contribution in [1.82, 2.24) is 20.3 Å². The number of fused-ring (bicyclic) bond motifs is 1. The summed E-state index contributed by atoms with van der Waals surface area (Å²) in [6.07, 6.45) is 5.65. The summed E-state index contributed by atoms with van der Waals surface area (Å²) in [5, 5.41) is 3.07. The van der Waals surface area contributed by atoms with Crippen molar-refractivity contribution < 1.29 is 4.79 Å². The highest BCUT2D eigenvalue weighted by molar-refractivity contribution is 5.95. The third-order valence-corrected chi connectivity index (χ3v) is 4.17. The molecule has 2 aromatic rings. The van der Waals surface area contributed by atoms with Crippen molar-refractivity contribution in [2.75, 3.05) is 0 Å². The highest BCUT2D eigenvalue weighted by atomic mass is 16.1. The molecule has 0 spiro atoms. The summed E-state index contributed by atoms with van der Waals surface area (Å²) in [6, 6.07) is 3.22. The largest absolute Gasteiger partial charge is 0.345 e. The lowest BCUT2D eigenvalue weighted by molar-refractivity contribution is 0.0930. The van der Waals surface area contributed by atoms with E-state index in [0.717, 1.165) is 36.2 Å². The Morgan fingerprint density at radius 3 is 3.00 bits per heavy atom. The molecule has 0 aromatic carbocycles. The van der Waals surface area contributed by atoms with E-state index in [1.807, 2.05) is 19.9 Å². The molecule has 0 fully saturated rings. The Balaban J connectivity index is 1.87. The second-order valence-corrected chi connectivity index (χ2v) is 6.15. The van der Waals surface area contributed by atoms with Gasteiger partial charge in [-0.05, 0) is 36.8 Å². The van der Waals surface area contributed by atoms with Gasteiger partial charge >= 0.3 is 0 Å². The van der Waals surface area contributed by atoms with E-state index in [4.69, 9.17) is 0 Å². The molecule has 0 radical (unpaired) electrons. The standard InChI is InChI=1S/C17H20N4O2/c1-10(2)16-12(8-18-9-19-16)17(23)21-14-5-3-4-13-11(14)6-7-15(22)20-13/h6-10,14H,3-5H2,1-2H3,(H,20,22)(H,21,23)/t14-/m0/s1. The minimum absolute atomic E-state index is 0.0941. The van der Waals surface area contributed by atoms with Crippen molar-refractivity contribution in [3.63, 3.8) is 0 Å². The lowest BCUT2D eigenvalue weighted by atomic mass is 9.91. The summed E-state index contributed by atoms with van der Waals surface area (Å²) in [5.74, 6) is -0.0212. The van der Waals surface area contributed by atoms with Crippen LogP contribution in [0.4, 0.5) is 0 Å². The first-order valence-corrected chi connectivity index (χ1v) is 7.89. The number of nitrogens with zero attached hydrogens (tertiary/aromatic N) is 2. The van der Waals surface area contributed by atoms with Crippen LogP contribution in [-0.2, 0) is 6.42 Å². The number of aryl methyl sites for hydroxylation is 1. The Labute approximate surface area is 134 Å². The maximum absolute atomic E-state index is 12.7. The Kier molecular flexibility index (Phi) is 4.23. The van der Waals surface area contributed by atoms with E-state index in [9.17, 15) is 9.59 Å². The molecule has 2 aromatic heterocycles. The monoisotopic (exact) mass is 312 g/mol. The predicted octanol–water partition coefficient (Wildman–Crippen LogP) is 2.10. The van der Waals surface area contributed by atoms with Crippen molar-refractivity contribution >= 4 is 5.91 Å². The van der Waals surface area contributed by atoms with Crippen LogP contribution >= 0.6 is 0 Å². The van der Waals surface area contributed by atoms with Crippen molar-refractivity contribution in [2.24, 2.45) is 0 Å². The summed E-state index contributed by atoms with van der Waals surface area (Å²) in [5.41, 5.74) is 3.07. The van der Waals surface area contributed by atoms with Gasteiger partial charge in [0.25, 0.3) is 5.91 Å². The fourth-order valence-electron chi connectivity index (χ4n) is 3.06. The van der Waals surface area contributed by atoms with Gasteiger partial charge in [0, 0.05) is 18.0 Å². The van der Waals surface area contributed by atoms with E-state index in [-0.39, 0.29) is 23.4 Å². The summed E-state index contributed by atoms with van der Waals surface area (Å²) in [6.45, 7) is 4.00. The number of carbonyl (C=O) groups is 1. The molecule has 0 saturated heterocycles. The summed E-state index contributed by atoms with van der Waals surface area (Å²) in [4.78, 5) is 35.2. The van der Waals surface area contributed by atoms with E-state index < -0.39 is 0 Å². The van der Waals surface area contributed by atoms with Gasteiger partial charge in [0.05, 0.1) is 17.3 Å². The zero-order valence-corrected chi connectivity index (χ0v) is 13.3. The summed E-state index contributed by atoms with van der Waals surface area (Å²) in [7, 11) is 0. The minimum Gasteiger partial charge on any atom is -0.345 e. The van der Waals surface area contributed by atoms with Gasteiger partial charge in [0.2, 0.25) is 5.56 Å². The molecule has 1 amide bonds. The van der Waals surface area contributed by atoms with Crippen LogP contribution in [0.15, 0.2) is 29.5 Å². The second-order valence-electron chi connectivity index (χ2n) is 6.15. The number of nitrogens with one attached hydrogen (secondary N) is 2. The van der Waals surface area contributed by atoms with Gasteiger partial charge in [-0.1, -0.05) is 13.8 Å². The van der Waals surface area contributed by atoms with Crippen LogP contribution in [-0.4, -0.2) is 20.9 Å². The average molecular weight is 312 g/mol. The minimum atomic E-state index is -0.168. The number of aromatic amines is 1. The van der Waals surface area contributed by atoms with E-state index in [1.165, 1.54) is 12.4 Å². The Morgan fingerprint density at radius 1 is 1.39 bits per heavy atom. The van der Waals surface area contributed by atoms with Gasteiger partial charge in [0.15, 0.2) is 0 Å². The third-order valence-electron chi connectivity index (χ3n) is 4.17. The van der Waals surface area contributed by atoms with Crippen LogP contribution < -0.4 is 10.9 Å². The Bertz CT molecular complexity index is 782. The van der Waals surface area contributed by atoms with Crippen molar-refractivity contribution in [2.45, 2.75) is 45.1 Å². The van der Waals surface area contributed by atoms with Gasteiger partial charge in [-0.25, -0.2) is 9.97 Å². The Morgan fingerprint density at radius 2 is 2.22 bits per heavy atom. The number of rotatable bonds is 3. The van der Waals surface area contributed by atoms with E-state index in [0.29, 0.717) is 5.56 Å². The molecule has 3 rings (SSSR count). The number of aromatic nitrogens is 3. The molecule has 1 aliphatic carbocycles. The fourth-order valence-corrected chi connectivity index (χ4v) is 3.06. The van der Waals surface area contributed by atoms with Gasteiger partial charge in [-0.3, -0.25) is 9.59 Å². The van der Waals surface area contributed by atoms with Crippen LogP contribution in [0.3, 0.4) is 0 Å². The van der Waals surface area contributed by atoms with Gasteiger partial charge in [-0.2, -0.15) is 0 Å². The summed E-state index contributed by atoms with van der Waals surface area (Å²) < 4.78 is 0. The zero-order valence-electron chi connectivity index (χ0n) is 13.3. The van der Waals surface area contributed by atoms with Crippen LogP contribution in [0.5, 0.6) is 0 Å². The van der Waals surface area contributed by atoms with Crippen molar-refractivity contribution in [3.8, 4) is 0 Å². The molecule has 0 aliphatic heterocycles. The van der Waals surface area contributed by atoms with Crippen LogP contribution in [0, 0.1) is 0 Å². The molecule has 2 N–H and O–H groups in total. The van der Waals surface area contributed by atoms with Crippen molar-refractivity contribution in [1.29, 1.82) is 0 Å². The maximum Gasteiger partial charge on any atom is 0.255 e. The molecular weight excluding hydrogens is 292 g/mol. The number of H-pyrrole nitrogens is 1. The van der Waals surface area contributed by atoms with Crippen LogP contribution in [0.25, 0.3) is 0 Å². The number of amides is 1. The molecule has 0 saturated carbocycles. The molecule has 23 heavy (non-hydrogen) atoms. The molecule has 1 atom stereocenters. The molecule has 6 heteroatoms. The molecule has 0 bridgehead atoms. The zero-order chi connectivity index (χ0) is 16.4. The lowest BCUT2D eigenvalue weighted by Crippen LogP contribution is -2.33. The first-order valence-electron chi connectivity index (χ1n) is 7.89. The average Bonchev–Trinajstić information content (AvgIpc) is 2.54. The third kappa shape index (κ3) is 3.16. The predicted molar refractivity (Wildman–Crippen MR) is 86.3 cm³/mol. The highest BCUT2D eigenvalue weighted by Gasteiger charge is 2.24. The SMILES string of the molecule is CC(C)c1ncncc1C(=O)N[C@H]1CCCc2[nH]c(=O)ccc21. The lowest BCUT2D eigenvalue weighted by Gasteiger charge is -2.26. The first kappa shape index (κ1) is 15.4. The molecule has 2 heterocycles. The van der Waals surface area contributed by atoms with Gasteiger partial charge in [0.1, 0.15) is 6.33 Å². The summed E-state index contributed by atoms with van der Waals surface area (Å²) >= 11 is 0. The molecule has 120 valence electrons. The fraction of sp³-hybridized carbons (Fsp3) is 0.412. The smallest absolute Gasteiger partial charge is 0.255 e. The number of carbonyl (C=O) groups excluding carboxylic acids is 1. The Hall–Kier alpha value is -2.50. The molecule has 6 nitrogen and oxygen atoms in total. The maximum atomic E-state index is 12.7. The topological polar surface area (TPSA) is 87.7 Å². The van der Waals surface area contributed by atoms with Gasteiger partial charge < -0.3 is 10.3 Å². The first-order chi connectivity index (χ1) is 11.1. The van der Waals surface area contributed by atoms with Gasteiger partial charge in [-0.15, -0.1) is 0 Å². The molecule has 1 aliphatic rings. The number of hydrogen-bond donors (Lipinski definition) is 2. The van der Waals surface area contributed by atoms with Crippen LogP contribution in [0.2, 0.25) is 0 Å². The molecular formula is C17H20N4O2. The van der Waals surface area contributed by atoms with Crippen LogP contribution in [0.1, 0.15) is 66.0 Å². The van der Waals surface area contributed by atoms with E-state index in [2.05, 4.69) is 20.3 Å². The number of hydrogen-bond acceptors (Lipinski definition) is 4. The quantitative estimate of drug-likeness (QED) is 0.908. The van der Waals surface area contributed by atoms with E-state index >= 15 is 0 Å². The van der Waals surface area contributed by atoms with E-state index in [1.54, 1.807) is 6.20 Å². The second kappa shape index (κ2) is 6.32. The highest BCUT2D eigenvalue weighted by Crippen LogP contribution is 2.28. The normalized spacial score (nSPS) is 16.9. The van der Waals surface area contributed by atoms with Crippen molar-refractivity contribution in [3.05, 3.63) is 57.5 Å².